The van der Waals surface area contributed by atoms with E-state index in [1.807, 2.05) is 0 Å². The number of carbonyl (C=O) groups excluding carboxylic acids is 1. The summed E-state index contributed by atoms with van der Waals surface area (Å²) in [6.07, 6.45) is -10.2. The number of hydrogen-bond donors (Lipinski definition) is 0. The molecule has 0 spiro atoms. The first-order chi connectivity index (χ1) is 15.5. The van der Waals surface area contributed by atoms with E-state index in [9.17, 15) is 48.7 Å². The standard InChI is InChI=1S/C21H16F10O3/c1-9(11-3-5-15(33-18(22)23)13(7-11)20(26,27)28)17(32)10(2)12-4-6-16(34-19(24)25)14(8-12)21(29,30)31/h3-10,18-19H,1-2H3. The molecule has 188 valence electrons. The van der Waals surface area contributed by atoms with Gasteiger partial charge in [0.05, 0.1) is 11.1 Å². The van der Waals surface area contributed by atoms with E-state index in [2.05, 4.69) is 9.47 Å². The first-order valence-electron chi connectivity index (χ1n) is 9.38. The van der Waals surface area contributed by atoms with Gasteiger partial charge in [-0.15, -0.1) is 0 Å². The maximum atomic E-state index is 13.3. The van der Waals surface area contributed by atoms with Gasteiger partial charge in [-0.25, -0.2) is 0 Å². The molecule has 0 saturated carbocycles. The highest BCUT2D eigenvalue weighted by atomic mass is 19.4. The van der Waals surface area contributed by atoms with Gasteiger partial charge in [-0.2, -0.15) is 43.9 Å². The summed E-state index contributed by atoms with van der Waals surface area (Å²) < 4.78 is 137. The maximum Gasteiger partial charge on any atom is 0.419 e. The number of Topliss-reactive ketones (excluding diaryl/α,β-unsaturated/α-hetero) is 1. The van der Waals surface area contributed by atoms with Crippen LogP contribution in [0.5, 0.6) is 11.5 Å². The molecule has 0 aromatic heterocycles. The van der Waals surface area contributed by atoms with Crippen LogP contribution in [0.3, 0.4) is 0 Å². The van der Waals surface area contributed by atoms with Crippen molar-refractivity contribution >= 4 is 5.78 Å². The van der Waals surface area contributed by atoms with E-state index in [1.165, 1.54) is 13.8 Å². The fourth-order valence-electron chi connectivity index (χ4n) is 3.18. The van der Waals surface area contributed by atoms with Gasteiger partial charge in [0, 0.05) is 11.8 Å². The zero-order valence-corrected chi connectivity index (χ0v) is 17.3. The molecule has 2 unspecified atom stereocenters. The average molecular weight is 506 g/mol. The quantitative estimate of drug-likeness (QED) is 0.350. The predicted molar refractivity (Wildman–Crippen MR) is 98.0 cm³/mol. The molecular weight excluding hydrogens is 490 g/mol. The normalized spacial score (nSPS) is 14.3. The molecule has 3 nitrogen and oxygen atoms in total. The summed E-state index contributed by atoms with van der Waals surface area (Å²) in [4.78, 5) is 12.8. The Labute approximate surface area is 186 Å². The second-order valence-corrected chi connectivity index (χ2v) is 7.11. The Morgan fingerprint density at radius 1 is 0.676 bits per heavy atom. The van der Waals surface area contributed by atoms with E-state index < -0.39 is 65.8 Å². The maximum absolute atomic E-state index is 13.3. The molecule has 2 aromatic rings. The van der Waals surface area contributed by atoms with Gasteiger partial charge in [-0.05, 0) is 35.4 Å². The first-order valence-corrected chi connectivity index (χ1v) is 9.38. The molecule has 2 aromatic carbocycles. The topological polar surface area (TPSA) is 35.5 Å². The molecule has 0 aliphatic rings. The zero-order valence-electron chi connectivity index (χ0n) is 17.3. The Kier molecular flexibility index (Phi) is 8.10. The summed E-state index contributed by atoms with van der Waals surface area (Å²) >= 11 is 0. The van der Waals surface area contributed by atoms with Gasteiger partial charge in [0.2, 0.25) is 0 Å². The molecule has 0 heterocycles. The van der Waals surface area contributed by atoms with Crippen molar-refractivity contribution in [3.05, 3.63) is 58.7 Å². The van der Waals surface area contributed by atoms with Crippen molar-refractivity contribution in [1.82, 2.24) is 0 Å². The summed E-state index contributed by atoms with van der Waals surface area (Å²) in [5, 5.41) is 0. The molecule has 0 saturated heterocycles. The van der Waals surface area contributed by atoms with Crippen molar-refractivity contribution in [1.29, 1.82) is 0 Å². The number of ketones is 1. The molecule has 0 aliphatic carbocycles. The van der Waals surface area contributed by atoms with Crippen molar-refractivity contribution in [2.45, 2.75) is 51.3 Å². The minimum Gasteiger partial charge on any atom is -0.434 e. The highest BCUT2D eigenvalue weighted by Crippen LogP contribution is 2.41. The summed E-state index contributed by atoms with van der Waals surface area (Å²) in [5.41, 5.74) is -3.63. The molecule has 34 heavy (non-hydrogen) atoms. The van der Waals surface area contributed by atoms with Crippen LogP contribution in [0.2, 0.25) is 0 Å². The van der Waals surface area contributed by atoms with E-state index in [0.717, 1.165) is 12.1 Å². The lowest BCUT2D eigenvalue weighted by Gasteiger charge is -2.21. The third-order valence-electron chi connectivity index (χ3n) is 4.90. The van der Waals surface area contributed by atoms with Crippen LogP contribution in [-0.4, -0.2) is 19.0 Å². The average Bonchev–Trinajstić information content (AvgIpc) is 2.70. The minimum absolute atomic E-state index is 0.250. The van der Waals surface area contributed by atoms with Gasteiger partial charge >= 0.3 is 25.6 Å². The van der Waals surface area contributed by atoms with Crippen LogP contribution in [0.1, 0.15) is 47.9 Å². The molecule has 0 radical (unpaired) electrons. The van der Waals surface area contributed by atoms with Crippen LogP contribution in [-0.2, 0) is 17.1 Å². The molecule has 0 amide bonds. The van der Waals surface area contributed by atoms with Crippen LogP contribution < -0.4 is 9.47 Å². The number of alkyl halides is 10. The molecule has 0 aliphatic heterocycles. The van der Waals surface area contributed by atoms with E-state index in [1.54, 1.807) is 0 Å². The van der Waals surface area contributed by atoms with Gasteiger partial charge in [-0.3, -0.25) is 4.79 Å². The predicted octanol–water partition coefficient (Wildman–Crippen LogP) is 7.40. The molecule has 2 rings (SSSR count). The molecule has 0 bridgehead atoms. The number of carbonyl (C=O) groups is 1. The second-order valence-electron chi connectivity index (χ2n) is 7.11. The lowest BCUT2D eigenvalue weighted by molar-refractivity contribution is -0.143. The third kappa shape index (κ3) is 6.54. The number of halogens is 10. The van der Waals surface area contributed by atoms with E-state index in [0.29, 0.717) is 24.3 Å². The van der Waals surface area contributed by atoms with Crippen molar-refractivity contribution < 1.29 is 58.2 Å². The number of hydrogen-bond acceptors (Lipinski definition) is 3. The largest absolute Gasteiger partial charge is 0.434 e. The van der Waals surface area contributed by atoms with Gasteiger partial charge in [0.25, 0.3) is 0 Å². The SMILES string of the molecule is CC(C(=O)C(C)c1ccc(OC(F)F)c(C(F)(F)F)c1)c1ccc(OC(F)F)c(C(F)(F)F)c1. The third-order valence-corrected chi connectivity index (χ3v) is 4.90. The lowest BCUT2D eigenvalue weighted by Crippen LogP contribution is -2.19. The van der Waals surface area contributed by atoms with Crippen LogP contribution in [0, 0.1) is 0 Å². The number of ether oxygens (including phenoxy) is 2. The summed E-state index contributed by atoms with van der Waals surface area (Å²) in [7, 11) is 0. The minimum atomic E-state index is -5.10. The molecular formula is C21H16F10O3. The summed E-state index contributed by atoms with van der Waals surface area (Å²) in [6, 6.07) is 3.99. The highest BCUT2D eigenvalue weighted by molar-refractivity contribution is 5.91. The van der Waals surface area contributed by atoms with Crippen LogP contribution >= 0.6 is 0 Å². The van der Waals surface area contributed by atoms with E-state index in [-0.39, 0.29) is 11.1 Å². The van der Waals surface area contributed by atoms with Crippen LogP contribution in [0.15, 0.2) is 36.4 Å². The fraction of sp³-hybridized carbons (Fsp3) is 0.381. The monoisotopic (exact) mass is 506 g/mol. The lowest BCUT2D eigenvalue weighted by atomic mass is 9.84. The summed E-state index contributed by atoms with van der Waals surface area (Å²) in [5.74, 6) is -5.75. The van der Waals surface area contributed by atoms with Crippen molar-refractivity contribution in [3.8, 4) is 11.5 Å². The van der Waals surface area contributed by atoms with E-state index in [4.69, 9.17) is 0 Å². The smallest absolute Gasteiger partial charge is 0.419 e. The van der Waals surface area contributed by atoms with Crippen LogP contribution in [0.25, 0.3) is 0 Å². The Hall–Kier alpha value is -2.99. The second kappa shape index (κ2) is 10.1. The van der Waals surface area contributed by atoms with Crippen molar-refractivity contribution in [2.24, 2.45) is 0 Å². The number of rotatable bonds is 8. The zero-order chi connectivity index (χ0) is 26.0. The van der Waals surface area contributed by atoms with Crippen molar-refractivity contribution in [3.63, 3.8) is 0 Å². The number of benzene rings is 2. The molecule has 2 atom stereocenters. The Bertz CT molecular complexity index is 935. The van der Waals surface area contributed by atoms with Crippen LogP contribution in [0.4, 0.5) is 43.9 Å². The Balaban J connectivity index is 2.41. The van der Waals surface area contributed by atoms with Gasteiger partial charge in [0.15, 0.2) is 0 Å². The Morgan fingerprint density at radius 3 is 1.26 bits per heavy atom. The Morgan fingerprint density at radius 2 is 1.00 bits per heavy atom. The molecule has 0 N–H and O–H groups in total. The molecule has 0 fully saturated rings. The summed E-state index contributed by atoms with van der Waals surface area (Å²) in [6.45, 7) is -4.71. The fourth-order valence-corrected chi connectivity index (χ4v) is 3.18. The van der Waals surface area contributed by atoms with Gasteiger partial charge in [0.1, 0.15) is 17.3 Å². The van der Waals surface area contributed by atoms with E-state index >= 15 is 0 Å². The molecule has 13 heteroatoms. The van der Waals surface area contributed by atoms with Gasteiger partial charge in [-0.1, -0.05) is 26.0 Å². The highest BCUT2D eigenvalue weighted by Gasteiger charge is 2.38. The van der Waals surface area contributed by atoms with Gasteiger partial charge < -0.3 is 9.47 Å². The van der Waals surface area contributed by atoms with Crippen molar-refractivity contribution in [2.75, 3.05) is 0 Å². The first kappa shape index (κ1) is 27.3.